The highest BCUT2D eigenvalue weighted by Crippen LogP contribution is 2.13. The second kappa shape index (κ2) is 6.57. The van der Waals surface area contributed by atoms with Crippen LogP contribution in [0, 0.1) is 5.92 Å². The zero-order valence-corrected chi connectivity index (χ0v) is 10.0. The van der Waals surface area contributed by atoms with Gasteiger partial charge in [0.05, 0.1) is 0 Å². The Kier molecular flexibility index (Phi) is 5.33. The van der Waals surface area contributed by atoms with Gasteiger partial charge in [-0.2, -0.15) is 0 Å². The van der Waals surface area contributed by atoms with Crippen LogP contribution in [0.2, 0.25) is 0 Å². The van der Waals surface area contributed by atoms with Gasteiger partial charge < -0.3 is 5.32 Å². The van der Waals surface area contributed by atoms with E-state index in [0.29, 0.717) is 6.04 Å². The van der Waals surface area contributed by atoms with Gasteiger partial charge in [-0.3, -0.25) is 4.98 Å². The molecule has 0 amide bonds. The summed E-state index contributed by atoms with van der Waals surface area (Å²) in [6.45, 7) is 7.75. The van der Waals surface area contributed by atoms with Gasteiger partial charge in [0.1, 0.15) is 0 Å². The van der Waals surface area contributed by atoms with Crippen LogP contribution in [0.25, 0.3) is 0 Å². The average molecular weight is 206 g/mol. The van der Waals surface area contributed by atoms with Gasteiger partial charge in [0.2, 0.25) is 0 Å². The number of rotatable bonds is 6. The Hall–Kier alpha value is -0.890. The van der Waals surface area contributed by atoms with E-state index in [1.807, 2.05) is 12.4 Å². The largest absolute Gasteiger partial charge is 0.310 e. The maximum atomic E-state index is 4.01. The molecule has 0 aromatic carbocycles. The number of nitrogens with zero attached hydrogens (tertiary/aromatic N) is 1. The minimum absolute atomic E-state index is 0.591. The molecule has 0 radical (unpaired) electrons. The molecule has 1 atom stereocenters. The van der Waals surface area contributed by atoms with Crippen molar-refractivity contribution in [3.63, 3.8) is 0 Å². The predicted octanol–water partition coefficient (Wildman–Crippen LogP) is 3.00. The van der Waals surface area contributed by atoms with E-state index in [-0.39, 0.29) is 0 Å². The summed E-state index contributed by atoms with van der Waals surface area (Å²) >= 11 is 0. The van der Waals surface area contributed by atoms with Crippen molar-refractivity contribution in [1.29, 1.82) is 0 Å². The lowest BCUT2D eigenvalue weighted by Crippen LogP contribution is -2.32. The van der Waals surface area contributed by atoms with Crippen molar-refractivity contribution in [1.82, 2.24) is 10.3 Å². The molecular formula is C13H22N2. The molecule has 1 heterocycles. The summed E-state index contributed by atoms with van der Waals surface area (Å²) in [7, 11) is 0. The lowest BCUT2D eigenvalue weighted by molar-refractivity contribution is 0.353. The van der Waals surface area contributed by atoms with Crippen LogP contribution in [0.5, 0.6) is 0 Å². The van der Waals surface area contributed by atoms with E-state index in [4.69, 9.17) is 0 Å². The number of aromatic nitrogens is 1. The van der Waals surface area contributed by atoms with Gasteiger partial charge >= 0.3 is 0 Å². The Morgan fingerprint density at radius 1 is 1.20 bits per heavy atom. The monoisotopic (exact) mass is 206 g/mol. The molecule has 0 saturated heterocycles. The molecule has 0 aliphatic carbocycles. The van der Waals surface area contributed by atoms with Crippen LogP contribution in [0.1, 0.15) is 39.2 Å². The molecule has 0 aliphatic rings. The average Bonchev–Trinajstić information content (AvgIpc) is 2.29. The van der Waals surface area contributed by atoms with E-state index >= 15 is 0 Å². The second-order valence-electron chi connectivity index (χ2n) is 4.10. The summed E-state index contributed by atoms with van der Waals surface area (Å²) in [6.07, 6.45) is 6.19. The fourth-order valence-corrected chi connectivity index (χ4v) is 1.94. The number of hydrogen-bond acceptors (Lipinski definition) is 2. The Balaban J connectivity index is 2.36. The van der Waals surface area contributed by atoms with Crippen LogP contribution in [0.3, 0.4) is 0 Å². The molecule has 0 fully saturated rings. The van der Waals surface area contributed by atoms with Gasteiger partial charge in [0, 0.05) is 25.0 Å². The number of nitrogens with one attached hydrogen (secondary N) is 1. The van der Waals surface area contributed by atoms with E-state index in [0.717, 1.165) is 12.5 Å². The van der Waals surface area contributed by atoms with Crippen molar-refractivity contribution in [2.75, 3.05) is 0 Å². The highest BCUT2D eigenvalue weighted by Gasteiger charge is 2.12. The van der Waals surface area contributed by atoms with E-state index in [2.05, 4.69) is 43.2 Å². The quantitative estimate of drug-likeness (QED) is 0.774. The van der Waals surface area contributed by atoms with Gasteiger partial charge in [0.15, 0.2) is 0 Å². The standard InChI is InChI=1S/C13H22N2/c1-4-13(5-2)11(3)15-10-12-6-8-14-9-7-12/h6-9,11,13,15H,4-5,10H2,1-3H3. The van der Waals surface area contributed by atoms with Crippen LogP contribution in [-0.2, 0) is 6.54 Å². The summed E-state index contributed by atoms with van der Waals surface area (Å²) < 4.78 is 0. The fourth-order valence-electron chi connectivity index (χ4n) is 1.94. The van der Waals surface area contributed by atoms with Gasteiger partial charge in [-0.25, -0.2) is 0 Å². The minimum Gasteiger partial charge on any atom is -0.310 e. The molecule has 0 saturated carbocycles. The molecule has 15 heavy (non-hydrogen) atoms. The van der Waals surface area contributed by atoms with Crippen molar-refractivity contribution in [3.8, 4) is 0 Å². The maximum absolute atomic E-state index is 4.01. The first kappa shape index (κ1) is 12.2. The van der Waals surface area contributed by atoms with Crippen LogP contribution in [0.4, 0.5) is 0 Å². The minimum atomic E-state index is 0.591. The third kappa shape index (κ3) is 4.00. The fraction of sp³-hybridized carbons (Fsp3) is 0.615. The van der Waals surface area contributed by atoms with Crippen LogP contribution < -0.4 is 5.32 Å². The van der Waals surface area contributed by atoms with Crippen molar-refractivity contribution in [3.05, 3.63) is 30.1 Å². The van der Waals surface area contributed by atoms with Crippen LogP contribution in [-0.4, -0.2) is 11.0 Å². The van der Waals surface area contributed by atoms with Gasteiger partial charge in [-0.05, 0) is 30.5 Å². The first-order valence-corrected chi connectivity index (χ1v) is 5.90. The number of hydrogen-bond donors (Lipinski definition) is 1. The lowest BCUT2D eigenvalue weighted by Gasteiger charge is -2.22. The van der Waals surface area contributed by atoms with E-state index in [1.54, 1.807) is 0 Å². The highest BCUT2D eigenvalue weighted by molar-refractivity contribution is 5.09. The maximum Gasteiger partial charge on any atom is 0.0271 e. The highest BCUT2D eigenvalue weighted by atomic mass is 14.9. The molecule has 0 aliphatic heterocycles. The molecule has 1 aromatic heterocycles. The van der Waals surface area contributed by atoms with E-state index in [9.17, 15) is 0 Å². The van der Waals surface area contributed by atoms with Gasteiger partial charge in [-0.1, -0.05) is 26.7 Å². The smallest absolute Gasteiger partial charge is 0.0271 e. The Morgan fingerprint density at radius 2 is 1.80 bits per heavy atom. The summed E-state index contributed by atoms with van der Waals surface area (Å²) in [5.74, 6) is 0.784. The number of pyridine rings is 1. The second-order valence-corrected chi connectivity index (χ2v) is 4.10. The van der Waals surface area contributed by atoms with Crippen molar-refractivity contribution >= 4 is 0 Å². The Labute approximate surface area is 93.1 Å². The first-order chi connectivity index (χ1) is 7.27. The molecule has 1 rings (SSSR count). The molecule has 2 heteroatoms. The normalized spacial score (nSPS) is 13.1. The SMILES string of the molecule is CCC(CC)C(C)NCc1ccncc1. The molecular weight excluding hydrogens is 184 g/mol. The molecule has 1 N–H and O–H groups in total. The zero-order valence-electron chi connectivity index (χ0n) is 10.0. The molecule has 2 nitrogen and oxygen atoms in total. The molecule has 0 spiro atoms. The Morgan fingerprint density at radius 3 is 2.33 bits per heavy atom. The molecule has 1 aromatic rings. The van der Waals surface area contributed by atoms with Crippen molar-refractivity contribution in [2.45, 2.75) is 46.2 Å². The van der Waals surface area contributed by atoms with E-state index < -0.39 is 0 Å². The third-order valence-electron chi connectivity index (χ3n) is 3.13. The Bertz CT molecular complexity index is 254. The summed E-state index contributed by atoms with van der Waals surface area (Å²) in [4.78, 5) is 4.01. The third-order valence-corrected chi connectivity index (χ3v) is 3.13. The van der Waals surface area contributed by atoms with Crippen molar-refractivity contribution < 1.29 is 0 Å². The van der Waals surface area contributed by atoms with Gasteiger partial charge in [-0.15, -0.1) is 0 Å². The van der Waals surface area contributed by atoms with Crippen LogP contribution in [0.15, 0.2) is 24.5 Å². The zero-order chi connectivity index (χ0) is 11.1. The summed E-state index contributed by atoms with van der Waals surface area (Å²) in [5.41, 5.74) is 1.31. The predicted molar refractivity (Wildman–Crippen MR) is 64.6 cm³/mol. The molecule has 1 unspecified atom stereocenters. The molecule has 0 bridgehead atoms. The van der Waals surface area contributed by atoms with E-state index in [1.165, 1.54) is 18.4 Å². The topological polar surface area (TPSA) is 24.9 Å². The lowest BCUT2D eigenvalue weighted by atomic mass is 9.95. The first-order valence-electron chi connectivity index (χ1n) is 5.90. The summed E-state index contributed by atoms with van der Waals surface area (Å²) in [5, 5.41) is 3.57. The van der Waals surface area contributed by atoms with Gasteiger partial charge in [0.25, 0.3) is 0 Å². The summed E-state index contributed by atoms with van der Waals surface area (Å²) in [6, 6.07) is 4.72. The molecule has 84 valence electrons. The van der Waals surface area contributed by atoms with Crippen LogP contribution >= 0.6 is 0 Å². The van der Waals surface area contributed by atoms with Crippen molar-refractivity contribution in [2.24, 2.45) is 5.92 Å².